The molecule has 0 amide bonds. The molecule has 0 aromatic carbocycles. The van der Waals surface area contributed by atoms with Gasteiger partial charge in [-0.25, -0.2) is 14.8 Å². The summed E-state index contributed by atoms with van der Waals surface area (Å²) in [6.07, 6.45) is 1.69. The second-order valence-corrected chi connectivity index (χ2v) is 3.97. The normalized spacial score (nSPS) is 15.4. The Morgan fingerprint density at radius 2 is 2.35 bits per heavy atom. The Labute approximate surface area is 98.0 Å². The molecule has 0 spiro atoms. The number of fused-ring (bicyclic) bond motifs is 2. The Bertz CT molecular complexity index is 597. The lowest BCUT2D eigenvalue weighted by Crippen LogP contribution is -2.21. The number of likely N-dealkylation sites (N-methyl/N-ethyl adjacent to an activating group) is 1. The number of hydrogen-bond donors (Lipinski definition) is 0. The predicted molar refractivity (Wildman–Crippen MR) is 63.1 cm³/mol. The van der Waals surface area contributed by atoms with E-state index in [1.165, 1.54) is 0 Å². The first-order valence-electron chi connectivity index (χ1n) is 5.40. The highest BCUT2D eigenvalue weighted by Gasteiger charge is 2.22. The van der Waals surface area contributed by atoms with Gasteiger partial charge in [0.2, 0.25) is 0 Å². The van der Waals surface area contributed by atoms with Crippen LogP contribution in [0.2, 0.25) is 0 Å². The second-order valence-electron chi connectivity index (χ2n) is 3.97. The summed E-state index contributed by atoms with van der Waals surface area (Å²) in [6.45, 7) is 1.03. The lowest BCUT2D eigenvalue weighted by molar-refractivity contribution is 0.0527. The zero-order chi connectivity index (χ0) is 11.8. The van der Waals surface area contributed by atoms with Crippen LogP contribution >= 0.6 is 0 Å². The van der Waals surface area contributed by atoms with Crippen molar-refractivity contribution in [2.24, 2.45) is 0 Å². The molecule has 0 aliphatic carbocycles. The van der Waals surface area contributed by atoms with Gasteiger partial charge in [-0.2, -0.15) is 0 Å². The van der Waals surface area contributed by atoms with Crippen LogP contribution in [-0.2, 0) is 4.74 Å². The van der Waals surface area contributed by atoms with Crippen molar-refractivity contribution in [1.29, 1.82) is 0 Å². The predicted octanol–water partition coefficient (Wildman–Crippen LogP) is 1.24. The molecule has 3 heterocycles. The molecule has 1 aliphatic heterocycles. The number of aromatic nitrogens is 2. The van der Waals surface area contributed by atoms with Crippen molar-refractivity contribution in [3.63, 3.8) is 0 Å². The molecule has 0 saturated heterocycles. The van der Waals surface area contributed by atoms with Crippen LogP contribution < -0.4 is 4.90 Å². The summed E-state index contributed by atoms with van der Waals surface area (Å²) in [5, 5.41) is 0.846. The van der Waals surface area contributed by atoms with Crippen LogP contribution in [0.3, 0.4) is 0 Å². The molecular formula is C12H11N3O2. The van der Waals surface area contributed by atoms with E-state index in [9.17, 15) is 4.79 Å². The molecule has 1 aliphatic rings. The standard InChI is InChI=1S/C12H11N3O2/c1-15-5-6-17-12(16)9-7-8-3-2-4-13-10(8)14-11(9)15/h2-4,7H,5-6H2,1H3. The van der Waals surface area contributed by atoms with Crippen molar-refractivity contribution in [2.45, 2.75) is 0 Å². The molecule has 0 bridgehead atoms. The molecule has 3 rings (SSSR count). The largest absolute Gasteiger partial charge is 0.460 e. The second kappa shape index (κ2) is 3.69. The number of carbonyl (C=O) groups excluding carboxylic acids is 1. The molecule has 2 aromatic heterocycles. The Balaban J connectivity index is 2.29. The van der Waals surface area contributed by atoms with Gasteiger partial charge in [-0.3, -0.25) is 0 Å². The van der Waals surface area contributed by atoms with Gasteiger partial charge in [0.1, 0.15) is 18.0 Å². The highest BCUT2D eigenvalue weighted by molar-refractivity contribution is 5.99. The monoisotopic (exact) mass is 229 g/mol. The molecule has 0 radical (unpaired) electrons. The zero-order valence-corrected chi connectivity index (χ0v) is 9.38. The third-order valence-corrected chi connectivity index (χ3v) is 2.81. The van der Waals surface area contributed by atoms with Gasteiger partial charge in [0.25, 0.3) is 0 Å². The maximum absolute atomic E-state index is 11.8. The van der Waals surface area contributed by atoms with Crippen molar-refractivity contribution in [3.05, 3.63) is 30.0 Å². The molecule has 0 fully saturated rings. The lowest BCUT2D eigenvalue weighted by atomic mass is 10.2. The van der Waals surface area contributed by atoms with Gasteiger partial charge in [-0.15, -0.1) is 0 Å². The summed E-state index contributed by atoms with van der Waals surface area (Å²) < 4.78 is 5.11. The molecular weight excluding hydrogens is 218 g/mol. The van der Waals surface area contributed by atoms with Crippen LogP contribution in [0.1, 0.15) is 10.4 Å². The smallest absolute Gasteiger partial charge is 0.342 e. The Morgan fingerprint density at radius 1 is 1.47 bits per heavy atom. The van der Waals surface area contributed by atoms with Crippen LogP contribution in [0.15, 0.2) is 24.4 Å². The van der Waals surface area contributed by atoms with E-state index in [0.29, 0.717) is 30.2 Å². The van der Waals surface area contributed by atoms with Crippen molar-refractivity contribution < 1.29 is 9.53 Å². The van der Waals surface area contributed by atoms with Crippen LogP contribution in [0, 0.1) is 0 Å². The zero-order valence-electron chi connectivity index (χ0n) is 9.38. The van der Waals surface area contributed by atoms with Crippen molar-refractivity contribution in [3.8, 4) is 0 Å². The average molecular weight is 229 g/mol. The fourth-order valence-electron chi connectivity index (χ4n) is 1.90. The maximum atomic E-state index is 11.8. The van der Waals surface area contributed by atoms with E-state index >= 15 is 0 Å². The first kappa shape index (κ1) is 10.0. The highest BCUT2D eigenvalue weighted by Crippen LogP contribution is 2.24. The van der Waals surface area contributed by atoms with Gasteiger partial charge < -0.3 is 9.64 Å². The number of carbonyl (C=O) groups is 1. The average Bonchev–Trinajstić information content (AvgIpc) is 2.48. The third-order valence-electron chi connectivity index (χ3n) is 2.81. The molecule has 5 nitrogen and oxygen atoms in total. The number of cyclic esters (lactones) is 1. The SMILES string of the molecule is CN1CCOC(=O)c2cc3cccnc3nc21. The minimum atomic E-state index is -0.317. The van der Waals surface area contributed by atoms with Gasteiger partial charge in [0, 0.05) is 18.6 Å². The topological polar surface area (TPSA) is 55.3 Å². The Hall–Kier alpha value is -2.17. The summed E-state index contributed by atoms with van der Waals surface area (Å²) in [4.78, 5) is 22.3. The number of ether oxygens (including phenoxy) is 1. The number of pyridine rings is 2. The molecule has 0 saturated carbocycles. The van der Waals surface area contributed by atoms with Gasteiger partial charge in [0.05, 0.1) is 6.54 Å². The van der Waals surface area contributed by atoms with Crippen LogP contribution in [0.4, 0.5) is 5.82 Å². The molecule has 2 aromatic rings. The minimum absolute atomic E-state index is 0.317. The Morgan fingerprint density at radius 3 is 3.24 bits per heavy atom. The molecule has 17 heavy (non-hydrogen) atoms. The van der Waals surface area contributed by atoms with E-state index in [2.05, 4.69) is 9.97 Å². The highest BCUT2D eigenvalue weighted by atomic mass is 16.5. The van der Waals surface area contributed by atoms with Gasteiger partial charge in [-0.05, 0) is 18.2 Å². The van der Waals surface area contributed by atoms with E-state index in [1.807, 2.05) is 24.1 Å². The van der Waals surface area contributed by atoms with Crippen molar-refractivity contribution >= 4 is 22.8 Å². The van der Waals surface area contributed by atoms with Crippen LogP contribution in [0.5, 0.6) is 0 Å². The summed E-state index contributed by atoms with van der Waals surface area (Å²) in [7, 11) is 1.89. The molecule has 5 heteroatoms. The number of rotatable bonds is 0. The van der Waals surface area contributed by atoms with Crippen molar-refractivity contribution in [1.82, 2.24) is 9.97 Å². The van der Waals surface area contributed by atoms with Gasteiger partial charge in [0.15, 0.2) is 5.65 Å². The first-order chi connectivity index (χ1) is 8.25. The summed E-state index contributed by atoms with van der Waals surface area (Å²) in [5.74, 6) is 0.321. The molecule has 0 N–H and O–H groups in total. The maximum Gasteiger partial charge on any atom is 0.342 e. The number of hydrogen-bond acceptors (Lipinski definition) is 5. The van der Waals surface area contributed by atoms with Gasteiger partial charge in [-0.1, -0.05) is 0 Å². The quantitative estimate of drug-likeness (QED) is 0.636. The summed E-state index contributed by atoms with van der Waals surface area (Å²) >= 11 is 0. The fourth-order valence-corrected chi connectivity index (χ4v) is 1.90. The molecule has 86 valence electrons. The van der Waals surface area contributed by atoms with E-state index in [0.717, 1.165) is 5.39 Å². The van der Waals surface area contributed by atoms with Crippen molar-refractivity contribution in [2.75, 3.05) is 25.1 Å². The van der Waals surface area contributed by atoms with E-state index in [4.69, 9.17) is 4.74 Å². The van der Waals surface area contributed by atoms with Crippen LogP contribution in [-0.4, -0.2) is 36.1 Å². The minimum Gasteiger partial charge on any atom is -0.460 e. The van der Waals surface area contributed by atoms with E-state index < -0.39 is 0 Å². The number of anilines is 1. The molecule has 0 atom stereocenters. The summed E-state index contributed by atoms with van der Waals surface area (Å²) in [5.41, 5.74) is 1.15. The van der Waals surface area contributed by atoms with Gasteiger partial charge >= 0.3 is 5.97 Å². The number of esters is 1. The summed E-state index contributed by atoms with van der Waals surface area (Å²) in [6, 6.07) is 5.49. The Kier molecular flexibility index (Phi) is 2.18. The third kappa shape index (κ3) is 1.60. The lowest BCUT2D eigenvalue weighted by Gasteiger charge is -2.15. The first-order valence-corrected chi connectivity index (χ1v) is 5.40. The van der Waals surface area contributed by atoms with E-state index in [-0.39, 0.29) is 5.97 Å². The fraction of sp³-hybridized carbons (Fsp3) is 0.250. The van der Waals surface area contributed by atoms with Crippen LogP contribution in [0.25, 0.3) is 11.0 Å². The van der Waals surface area contributed by atoms with E-state index in [1.54, 1.807) is 12.3 Å². The molecule has 0 unspecified atom stereocenters. The number of nitrogens with zero attached hydrogens (tertiary/aromatic N) is 3.